The molecule has 0 bridgehead atoms. The summed E-state index contributed by atoms with van der Waals surface area (Å²) in [7, 11) is 0. The molecule has 1 rings (SSSR count). The first-order valence-electron chi connectivity index (χ1n) is 2.40. The number of carboxylic acids is 1. The number of rotatable bonds is 1. The molecule has 0 atom stereocenters. The minimum absolute atomic E-state index is 0.167. The molecule has 2 nitrogen and oxygen atoms in total. The highest BCUT2D eigenvalue weighted by Gasteiger charge is 2.19. The molecule has 0 aliphatic heterocycles. The molecule has 0 saturated heterocycles. The van der Waals surface area contributed by atoms with E-state index in [-0.39, 0.29) is 9.35 Å². The Bertz CT molecular complexity index is 310. The SMILES string of the molecule is O=C(O)c1sc(Br)c(Br)c1F. The van der Waals surface area contributed by atoms with Gasteiger partial charge in [-0.1, -0.05) is 0 Å². The molecule has 1 heterocycles. The molecule has 0 aliphatic carbocycles. The zero-order chi connectivity index (χ0) is 8.59. The van der Waals surface area contributed by atoms with Gasteiger partial charge >= 0.3 is 5.97 Å². The second kappa shape index (κ2) is 3.20. The fourth-order valence-electron chi connectivity index (χ4n) is 0.503. The summed E-state index contributed by atoms with van der Waals surface area (Å²) in [5.41, 5.74) is 0. The van der Waals surface area contributed by atoms with E-state index >= 15 is 0 Å². The van der Waals surface area contributed by atoms with E-state index in [2.05, 4.69) is 31.9 Å². The van der Waals surface area contributed by atoms with Gasteiger partial charge in [-0.25, -0.2) is 9.18 Å². The molecule has 0 spiro atoms. The number of carbonyl (C=O) groups is 1. The zero-order valence-corrected chi connectivity index (χ0v) is 8.89. The van der Waals surface area contributed by atoms with Gasteiger partial charge in [-0.15, -0.1) is 11.3 Å². The van der Waals surface area contributed by atoms with Gasteiger partial charge in [0, 0.05) is 0 Å². The van der Waals surface area contributed by atoms with Crippen LogP contribution in [0.5, 0.6) is 0 Å². The van der Waals surface area contributed by atoms with Crippen LogP contribution in [0.25, 0.3) is 0 Å². The van der Waals surface area contributed by atoms with Crippen LogP contribution in [0.4, 0.5) is 4.39 Å². The summed E-state index contributed by atoms with van der Waals surface area (Å²) in [6.45, 7) is 0. The molecule has 0 aliphatic rings. The van der Waals surface area contributed by atoms with Crippen molar-refractivity contribution in [2.24, 2.45) is 0 Å². The smallest absolute Gasteiger partial charge is 0.348 e. The first-order valence-corrected chi connectivity index (χ1v) is 4.81. The normalized spacial score (nSPS) is 10.1. The van der Waals surface area contributed by atoms with Crippen LogP contribution < -0.4 is 0 Å². The van der Waals surface area contributed by atoms with E-state index in [1.54, 1.807) is 0 Å². The molecule has 1 aromatic heterocycles. The highest BCUT2D eigenvalue weighted by Crippen LogP contribution is 2.35. The maximum atomic E-state index is 12.8. The Labute approximate surface area is 82.3 Å². The second-order valence-electron chi connectivity index (χ2n) is 1.64. The first kappa shape index (κ1) is 9.15. The van der Waals surface area contributed by atoms with Crippen LogP contribution in [0.15, 0.2) is 8.26 Å². The van der Waals surface area contributed by atoms with Crippen LogP contribution in [0.1, 0.15) is 9.67 Å². The summed E-state index contributed by atoms with van der Waals surface area (Å²) in [5.74, 6) is -1.98. The lowest BCUT2D eigenvalue weighted by atomic mass is 10.4. The van der Waals surface area contributed by atoms with Gasteiger partial charge in [0.2, 0.25) is 0 Å². The molecule has 0 amide bonds. The summed E-state index contributed by atoms with van der Waals surface area (Å²) < 4.78 is 13.4. The fraction of sp³-hybridized carbons (Fsp3) is 0. The van der Waals surface area contributed by atoms with E-state index < -0.39 is 11.8 Å². The van der Waals surface area contributed by atoms with Gasteiger partial charge in [0.1, 0.15) is 0 Å². The molecule has 0 unspecified atom stereocenters. The summed E-state index contributed by atoms with van der Waals surface area (Å²) >= 11 is 6.74. The van der Waals surface area contributed by atoms with Gasteiger partial charge in [0.05, 0.1) is 8.26 Å². The average Bonchev–Trinajstić information content (AvgIpc) is 2.17. The molecule has 0 radical (unpaired) electrons. The van der Waals surface area contributed by atoms with E-state index in [4.69, 9.17) is 5.11 Å². The molecular weight excluding hydrogens is 303 g/mol. The number of thiophene rings is 1. The second-order valence-corrected chi connectivity index (χ2v) is 4.77. The van der Waals surface area contributed by atoms with E-state index in [1.165, 1.54) is 0 Å². The van der Waals surface area contributed by atoms with Gasteiger partial charge in [-0.3, -0.25) is 0 Å². The van der Waals surface area contributed by atoms with Crippen molar-refractivity contribution in [3.8, 4) is 0 Å². The van der Waals surface area contributed by atoms with E-state index in [0.29, 0.717) is 3.79 Å². The lowest BCUT2D eigenvalue weighted by Gasteiger charge is -1.84. The Kier molecular flexibility index (Phi) is 2.66. The van der Waals surface area contributed by atoms with Crippen molar-refractivity contribution in [2.75, 3.05) is 0 Å². The average molecular weight is 304 g/mol. The van der Waals surface area contributed by atoms with Crippen LogP contribution in [0.3, 0.4) is 0 Å². The fourth-order valence-corrected chi connectivity index (χ4v) is 2.37. The lowest BCUT2D eigenvalue weighted by molar-refractivity contribution is 0.0697. The van der Waals surface area contributed by atoms with E-state index in [9.17, 15) is 9.18 Å². The number of hydrogen-bond acceptors (Lipinski definition) is 2. The van der Waals surface area contributed by atoms with Gasteiger partial charge in [0.15, 0.2) is 10.7 Å². The third kappa shape index (κ3) is 1.62. The molecule has 0 saturated carbocycles. The summed E-state index contributed by atoms with van der Waals surface area (Å²) in [5, 5.41) is 8.43. The predicted molar refractivity (Wildman–Crippen MR) is 46.6 cm³/mol. The molecule has 0 fully saturated rings. The van der Waals surface area contributed by atoms with Crippen molar-refractivity contribution < 1.29 is 14.3 Å². The molecule has 1 aromatic rings. The van der Waals surface area contributed by atoms with Crippen molar-refractivity contribution in [1.29, 1.82) is 0 Å². The Balaban J connectivity index is 3.29. The van der Waals surface area contributed by atoms with Crippen LogP contribution in [-0.4, -0.2) is 11.1 Å². The Morgan fingerprint density at radius 3 is 2.27 bits per heavy atom. The minimum atomic E-state index is -1.25. The van der Waals surface area contributed by atoms with Crippen LogP contribution in [0.2, 0.25) is 0 Å². The highest BCUT2D eigenvalue weighted by molar-refractivity contribution is 9.13. The Morgan fingerprint density at radius 2 is 2.09 bits per heavy atom. The number of aromatic carboxylic acids is 1. The molecule has 6 heteroatoms. The first-order chi connectivity index (χ1) is 5.04. The van der Waals surface area contributed by atoms with Crippen LogP contribution in [0, 0.1) is 5.82 Å². The third-order valence-electron chi connectivity index (χ3n) is 0.951. The van der Waals surface area contributed by atoms with Gasteiger partial charge in [0.25, 0.3) is 0 Å². The van der Waals surface area contributed by atoms with Crippen molar-refractivity contribution >= 4 is 49.2 Å². The van der Waals surface area contributed by atoms with Crippen molar-refractivity contribution in [3.05, 3.63) is 19.0 Å². The Morgan fingerprint density at radius 1 is 1.55 bits per heavy atom. The van der Waals surface area contributed by atoms with E-state index in [0.717, 1.165) is 11.3 Å². The highest BCUT2D eigenvalue weighted by atomic mass is 79.9. The monoisotopic (exact) mass is 302 g/mol. The van der Waals surface area contributed by atoms with Gasteiger partial charge < -0.3 is 5.11 Å². The molecule has 0 aromatic carbocycles. The molecule has 1 N–H and O–H groups in total. The van der Waals surface area contributed by atoms with Crippen LogP contribution >= 0.6 is 43.2 Å². The predicted octanol–water partition coefficient (Wildman–Crippen LogP) is 3.11. The number of carboxylic acid groups (broad SMARTS) is 1. The minimum Gasteiger partial charge on any atom is -0.477 e. The lowest BCUT2D eigenvalue weighted by Crippen LogP contribution is -1.94. The topological polar surface area (TPSA) is 37.3 Å². The number of halogens is 3. The maximum Gasteiger partial charge on any atom is 0.348 e. The largest absolute Gasteiger partial charge is 0.477 e. The summed E-state index contributed by atoms with van der Waals surface area (Å²) in [6, 6.07) is 0. The summed E-state index contributed by atoms with van der Waals surface area (Å²) in [6.07, 6.45) is 0. The quantitative estimate of drug-likeness (QED) is 0.865. The number of hydrogen-bond donors (Lipinski definition) is 1. The molecular formula is C5HBr2FO2S. The third-order valence-corrected chi connectivity index (χ3v) is 4.31. The van der Waals surface area contributed by atoms with Gasteiger partial charge in [-0.05, 0) is 31.9 Å². The van der Waals surface area contributed by atoms with Crippen molar-refractivity contribution in [3.63, 3.8) is 0 Å². The molecule has 11 heavy (non-hydrogen) atoms. The van der Waals surface area contributed by atoms with Gasteiger partial charge in [-0.2, -0.15) is 0 Å². The van der Waals surface area contributed by atoms with Crippen molar-refractivity contribution in [1.82, 2.24) is 0 Å². The summed E-state index contributed by atoms with van der Waals surface area (Å²) in [4.78, 5) is 10.0. The maximum absolute atomic E-state index is 12.8. The zero-order valence-electron chi connectivity index (χ0n) is 4.90. The van der Waals surface area contributed by atoms with Crippen LogP contribution in [-0.2, 0) is 0 Å². The standard InChI is InChI=1S/C5HBr2FO2S/c6-1-2(8)3(5(9)10)11-4(1)7/h(H,9,10). The van der Waals surface area contributed by atoms with E-state index in [1.807, 2.05) is 0 Å². The Hall–Kier alpha value is 0.0600. The van der Waals surface area contributed by atoms with Crippen molar-refractivity contribution in [2.45, 2.75) is 0 Å². The molecule has 60 valence electrons.